The Morgan fingerprint density at radius 2 is 2.05 bits per heavy atom. The quantitative estimate of drug-likeness (QED) is 0.839. The summed E-state index contributed by atoms with van der Waals surface area (Å²) in [7, 11) is 0. The highest BCUT2D eigenvalue weighted by Crippen LogP contribution is 2.22. The summed E-state index contributed by atoms with van der Waals surface area (Å²) in [5.74, 6) is 0. The fourth-order valence-electron chi connectivity index (χ4n) is 2.34. The first-order valence-corrected chi connectivity index (χ1v) is 7.02. The van der Waals surface area contributed by atoms with Gasteiger partial charge >= 0.3 is 0 Å². The second-order valence-electron chi connectivity index (χ2n) is 5.20. The summed E-state index contributed by atoms with van der Waals surface area (Å²) in [6.07, 6.45) is 5.74. The largest absolute Gasteiger partial charge is 0.472 e. The molecule has 0 aliphatic carbocycles. The Morgan fingerprint density at radius 1 is 1.21 bits per heavy atom. The average molecular weight is 257 g/mol. The van der Waals surface area contributed by atoms with Crippen LogP contribution in [0.4, 0.5) is 0 Å². The van der Waals surface area contributed by atoms with Gasteiger partial charge in [-0.2, -0.15) is 0 Å². The summed E-state index contributed by atoms with van der Waals surface area (Å²) in [6.45, 7) is 7.55. The molecule has 2 heteroatoms. The monoisotopic (exact) mass is 257 g/mol. The van der Waals surface area contributed by atoms with E-state index < -0.39 is 0 Å². The Morgan fingerprint density at radius 3 is 2.74 bits per heavy atom. The third-order valence-corrected chi connectivity index (χ3v) is 3.51. The zero-order valence-corrected chi connectivity index (χ0v) is 12.1. The molecule has 2 aromatic rings. The van der Waals surface area contributed by atoms with Gasteiger partial charge in [-0.05, 0) is 50.4 Å². The predicted molar refractivity (Wildman–Crippen MR) is 79.4 cm³/mol. The molecule has 0 radical (unpaired) electrons. The van der Waals surface area contributed by atoms with Crippen molar-refractivity contribution >= 4 is 0 Å². The molecule has 1 unspecified atom stereocenters. The van der Waals surface area contributed by atoms with Gasteiger partial charge < -0.3 is 9.73 Å². The lowest BCUT2D eigenvalue weighted by atomic mass is 9.96. The van der Waals surface area contributed by atoms with Gasteiger partial charge in [-0.25, -0.2) is 0 Å². The normalized spacial score (nSPS) is 12.6. The van der Waals surface area contributed by atoms with E-state index in [1.54, 1.807) is 6.26 Å². The van der Waals surface area contributed by atoms with Crippen LogP contribution in [0.3, 0.4) is 0 Å². The molecular formula is C17H23NO. The van der Waals surface area contributed by atoms with Crippen LogP contribution >= 0.6 is 0 Å². The summed E-state index contributed by atoms with van der Waals surface area (Å²) >= 11 is 0. The Labute approximate surface area is 115 Å². The van der Waals surface area contributed by atoms with Crippen molar-refractivity contribution in [3.8, 4) is 0 Å². The summed E-state index contributed by atoms with van der Waals surface area (Å²) in [5.41, 5.74) is 5.32. The molecule has 2 nitrogen and oxygen atoms in total. The van der Waals surface area contributed by atoms with Gasteiger partial charge in [0.05, 0.1) is 12.5 Å². The molecule has 1 aromatic heterocycles. The van der Waals surface area contributed by atoms with E-state index in [2.05, 4.69) is 50.4 Å². The van der Waals surface area contributed by atoms with Gasteiger partial charge in [0.2, 0.25) is 0 Å². The number of benzene rings is 1. The molecule has 0 aliphatic heterocycles. The minimum absolute atomic E-state index is 0.333. The summed E-state index contributed by atoms with van der Waals surface area (Å²) in [5, 5.41) is 3.61. The summed E-state index contributed by atoms with van der Waals surface area (Å²) < 4.78 is 5.23. The van der Waals surface area contributed by atoms with Crippen LogP contribution in [0.1, 0.15) is 41.6 Å². The van der Waals surface area contributed by atoms with E-state index in [1.165, 1.54) is 22.3 Å². The Kier molecular flexibility index (Phi) is 4.80. The topological polar surface area (TPSA) is 25.2 Å². The van der Waals surface area contributed by atoms with Crippen LogP contribution in [0.2, 0.25) is 0 Å². The number of furan rings is 1. The van der Waals surface area contributed by atoms with Gasteiger partial charge in [-0.1, -0.05) is 30.7 Å². The van der Waals surface area contributed by atoms with Crippen molar-refractivity contribution in [2.45, 2.75) is 39.7 Å². The fourth-order valence-corrected chi connectivity index (χ4v) is 2.34. The minimum atomic E-state index is 0.333. The van der Waals surface area contributed by atoms with E-state index in [9.17, 15) is 0 Å². The molecule has 19 heavy (non-hydrogen) atoms. The standard InChI is InChI=1S/C17H23NO/c1-4-8-18-17(15-7-9-19-12-15)11-16-10-13(2)5-6-14(16)3/h5-7,9-10,12,17-18H,4,8,11H2,1-3H3. The number of hydrogen-bond acceptors (Lipinski definition) is 2. The van der Waals surface area contributed by atoms with Crippen molar-refractivity contribution in [2.24, 2.45) is 0 Å². The number of nitrogens with one attached hydrogen (secondary N) is 1. The maximum absolute atomic E-state index is 5.23. The van der Waals surface area contributed by atoms with Crippen molar-refractivity contribution in [1.82, 2.24) is 5.32 Å². The van der Waals surface area contributed by atoms with Gasteiger partial charge in [0.15, 0.2) is 0 Å². The molecule has 2 rings (SSSR count). The molecule has 1 aromatic carbocycles. The molecular weight excluding hydrogens is 234 g/mol. The Balaban J connectivity index is 2.17. The van der Waals surface area contributed by atoms with Crippen molar-refractivity contribution in [1.29, 1.82) is 0 Å². The molecule has 1 heterocycles. The van der Waals surface area contributed by atoms with Crippen LogP contribution < -0.4 is 5.32 Å². The van der Waals surface area contributed by atoms with Crippen LogP contribution in [-0.4, -0.2) is 6.54 Å². The van der Waals surface area contributed by atoms with Crippen LogP contribution in [0, 0.1) is 13.8 Å². The lowest BCUT2D eigenvalue weighted by Gasteiger charge is -2.18. The number of rotatable bonds is 6. The Hall–Kier alpha value is -1.54. The van der Waals surface area contributed by atoms with Crippen LogP contribution in [-0.2, 0) is 6.42 Å². The molecule has 0 saturated heterocycles. The molecule has 102 valence electrons. The molecule has 0 bridgehead atoms. The summed E-state index contributed by atoms with van der Waals surface area (Å²) in [4.78, 5) is 0. The fraction of sp³-hybridized carbons (Fsp3) is 0.412. The smallest absolute Gasteiger partial charge is 0.0950 e. The second kappa shape index (κ2) is 6.58. The van der Waals surface area contributed by atoms with Gasteiger partial charge in [0.1, 0.15) is 0 Å². The highest BCUT2D eigenvalue weighted by atomic mass is 16.3. The highest BCUT2D eigenvalue weighted by molar-refractivity contribution is 5.32. The first-order chi connectivity index (χ1) is 9.20. The summed E-state index contributed by atoms with van der Waals surface area (Å²) in [6, 6.07) is 9.05. The zero-order valence-electron chi connectivity index (χ0n) is 12.1. The van der Waals surface area contributed by atoms with Gasteiger partial charge in [-0.3, -0.25) is 0 Å². The van der Waals surface area contributed by atoms with Crippen molar-refractivity contribution in [3.05, 3.63) is 59.0 Å². The minimum Gasteiger partial charge on any atom is -0.472 e. The SMILES string of the molecule is CCCNC(Cc1cc(C)ccc1C)c1ccoc1. The Bertz CT molecular complexity index is 502. The van der Waals surface area contributed by atoms with Crippen molar-refractivity contribution in [2.75, 3.05) is 6.54 Å². The zero-order chi connectivity index (χ0) is 13.7. The van der Waals surface area contributed by atoms with Gasteiger partial charge in [0, 0.05) is 11.6 Å². The molecule has 0 amide bonds. The third-order valence-electron chi connectivity index (χ3n) is 3.51. The molecule has 1 atom stereocenters. The van der Waals surface area contributed by atoms with Gasteiger partial charge in [-0.15, -0.1) is 0 Å². The van der Waals surface area contributed by atoms with Crippen molar-refractivity contribution in [3.63, 3.8) is 0 Å². The van der Waals surface area contributed by atoms with E-state index in [0.717, 1.165) is 19.4 Å². The van der Waals surface area contributed by atoms with E-state index in [4.69, 9.17) is 4.42 Å². The molecule has 0 spiro atoms. The lowest BCUT2D eigenvalue weighted by Crippen LogP contribution is -2.24. The van der Waals surface area contributed by atoms with Crippen LogP contribution in [0.15, 0.2) is 41.2 Å². The predicted octanol–water partition coefficient (Wildman–Crippen LogP) is 4.18. The van der Waals surface area contributed by atoms with Crippen molar-refractivity contribution < 1.29 is 4.42 Å². The maximum atomic E-state index is 5.23. The average Bonchev–Trinajstić information content (AvgIpc) is 2.92. The molecule has 1 N–H and O–H groups in total. The van der Waals surface area contributed by atoms with Crippen LogP contribution in [0.5, 0.6) is 0 Å². The maximum Gasteiger partial charge on any atom is 0.0950 e. The molecule has 0 aliphatic rings. The third kappa shape index (κ3) is 3.71. The first kappa shape index (κ1) is 13.9. The van der Waals surface area contributed by atoms with E-state index >= 15 is 0 Å². The molecule has 0 saturated carbocycles. The van der Waals surface area contributed by atoms with E-state index in [1.807, 2.05) is 6.26 Å². The van der Waals surface area contributed by atoms with Gasteiger partial charge in [0.25, 0.3) is 0 Å². The highest BCUT2D eigenvalue weighted by Gasteiger charge is 2.14. The number of hydrogen-bond donors (Lipinski definition) is 1. The van der Waals surface area contributed by atoms with E-state index in [-0.39, 0.29) is 0 Å². The second-order valence-corrected chi connectivity index (χ2v) is 5.20. The number of aryl methyl sites for hydroxylation is 2. The first-order valence-electron chi connectivity index (χ1n) is 7.02. The van der Waals surface area contributed by atoms with E-state index in [0.29, 0.717) is 6.04 Å². The molecule has 0 fully saturated rings. The van der Waals surface area contributed by atoms with Crippen LogP contribution in [0.25, 0.3) is 0 Å². The lowest BCUT2D eigenvalue weighted by molar-refractivity contribution is 0.511.